The minimum atomic E-state index is 0.523. The number of rotatable bonds is 2. The van der Waals surface area contributed by atoms with E-state index in [0.717, 1.165) is 30.1 Å². The van der Waals surface area contributed by atoms with Gasteiger partial charge in [0, 0.05) is 19.3 Å². The Hall–Kier alpha value is -1.48. The number of benzene rings is 1. The summed E-state index contributed by atoms with van der Waals surface area (Å²) in [4.78, 5) is 0. The van der Waals surface area contributed by atoms with Crippen LogP contribution in [0.5, 0.6) is 0 Å². The molecule has 1 aliphatic rings. The van der Waals surface area contributed by atoms with Crippen LogP contribution in [0.1, 0.15) is 23.6 Å². The van der Waals surface area contributed by atoms with Crippen LogP contribution in [0.3, 0.4) is 0 Å². The van der Waals surface area contributed by atoms with Crippen LogP contribution in [0, 0.1) is 0 Å². The highest BCUT2D eigenvalue weighted by molar-refractivity contribution is 6.31. The lowest BCUT2D eigenvalue weighted by Gasteiger charge is -2.26. The summed E-state index contributed by atoms with van der Waals surface area (Å²) >= 11 is 6.19. The van der Waals surface area contributed by atoms with E-state index in [1.807, 2.05) is 11.7 Å². The first-order valence-electron chi connectivity index (χ1n) is 6.25. The van der Waals surface area contributed by atoms with Gasteiger partial charge in [0.2, 0.25) is 0 Å². The molecule has 1 aromatic heterocycles. The maximum Gasteiger partial charge on any atom is 0.0817 e. The van der Waals surface area contributed by atoms with E-state index in [2.05, 4.69) is 34.7 Å². The molecule has 94 valence electrons. The lowest BCUT2D eigenvalue weighted by Crippen LogP contribution is -2.19. The van der Waals surface area contributed by atoms with E-state index in [0.29, 0.717) is 5.92 Å². The van der Waals surface area contributed by atoms with E-state index < -0.39 is 0 Å². The van der Waals surface area contributed by atoms with Crippen molar-refractivity contribution in [2.75, 3.05) is 11.9 Å². The second kappa shape index (κ2) is 4.65. The monoisotopic (exact) mass is 261 g/mol. The van der Waals surface area contributed by atoms with Gasteiger partial charge in [-0.1, -0.05) is 29.8 Å². The van der Waals surface area contributed by atoms with Crippen molar-refractivity contribution in [3.8, 4) is 0 Å². The second-order valence-corrected chi connectivity index (χ2v) is 5.17. The number of nitrogens with one attached hydrogen (secondary N) is 1. The van der Waals surface area contributed by atoms with Crippen molar-refractivity contribution in [2.24, 2.45) is 7.05 Å². The van der Waals surface area contributed by atoms with E-state index in [9.17, 15) is 0 Å². The van der Waals surface area contributed by atoms with Gasteiger partial charge >= 0.3 is 0 Å². The van der Waals surface area contributed by atoms with Crippen molar-refractivity contribution in [1.82, 2.24) is 9.78 Å². The van der Waals surface area contributed by atoms with Gasteiger partial charge in [0.1, 0.15) is 0 Å². The fourth-order valence-corrected chi connectivity index (χ4v) is 2.90. The zero-order chi connectivity index (χ0) is 12.5. The number of nitrogens with zero attached hydrogens (tertiary/aromatic N) is 2. The summed E-state index contributed by atoms with van der Waals surface area (Å²) in [6.45, 7) is 1.02. The molecule has 18 heavy (non-hydrogen) atoms. The molecule has 0 saturated carbocycles. The molecule has 2 aromatic rings. The Labute approximate surface area is 112 Å². The molecular formula is C14H16ClN3. The minimum Gasteiger partial charge on any atom is -0.385 e. The van der Waals surface area contributed by atoms with Crippen LogP contribution in [-0.4, -0.2) is 16.3 Å². The molecule has 1 atom stereocenters. The molecule has 4 heteroatoms. The number of hydrogen-bond donors (Lipinski definition) is 1. The van der Waals surface area contributed by atoms with Gasteiger partial charge in [-0.05, 0) is 30.4 Å². The Balaban J connectivity index is 1.91. The molecule has 0 spiro atoms. The Morgan fingerprint density at radius 2 is 2.28 bits per heavy atom. The van der Waals surface area contributed by atoms with Crippen LogP contribution in [0.15, 0.2) is 30.5 Å². The summed E-state index contributed by atoms with van der Waals surface area (Å²) in [5.74, 6) is 0.523. The molecule has 3 nitrogen and oxygen atoms in total. The van der Waals surface area contributed by atoms with Gasteiger partial charge in [0.05, 0.1) is 16.9 Å². The van der Waals surface area contributed by atoms with Crippen molar-refractivity contribution in [3.63, 3.8) is 0 Å². The fourth-order valence-electron chi connectivity index (χ4n) is 2.66. The van der Waals surface area contributed by atoms with Gasteiger partial charge in [-0.2, -0.15) is 5.10 Å². The summed E-state index contributed by atoms with van der Waals surface area (Å²) in [6.07, 6.45) is 3.82. The van der Waals surface area contributed by atoms with Crippen LogP contribution in [-0.2, 0) is 13.5 Å². The molecule has 0 aliphatic carbocycles. The van der Waals surface area contributed by atoms with Gasteiger partial charge in [0.25, 0.3) is 0 Å². The number of halogens is 1. The van der Waals surface area contributed by atoms with E-state index in [1.165, 1.54) is 11.3 Å². The van der Waals surface area contributed by atoms with Crippen molar-refractivity contribution in [3.05, 3.63) is 46.7 Å². The smallest absolute Gasteiger partial charge is 0.0817 e. The standard InChI is InChI=1S/C14H16ClN3/c1-18-14(12(15)9-17-18)8-10-6-7-16-13-5-3-2-4-11(10)13/h2-5,9-10,16H,6-8H2,1H3. The summed E-state index contributed by atoms with van der Waals surface area (Å²) in [7, 11) is 1.95. The summed E-state index contributed by atoms with van der Waals surface area (Å²) in [5, 5.41) is 8.42. The van der Waals surface area contributed by atoms with Crippen LogP contribution in [0.4, 0.5) is 5.69 Å². The first kappa shape index (κ1) is 11.6. The van der Waals surface area contributed by atoms with E-state index in [-0.39, 0.29) is 0 Å². The molecule has 3 rings (SSSR count). The average Bonchev–Trinajstić information content (AvgIpc) is 2.71. The lowest BCUT2D eigenvalue weighted by atomic mass is 9.87. The first-order chi connectivity index (χ1) is 8.75. The lowest BCUT2D eigenvalue weighted by molar-refractivity contribution is 0.588. The predicted octanol–water partition coefficient (Wildman–Crippen LogP) is 3.22. The quantitative estimate of drug-likeness (QED) is 0.900. The maximum absolute atomic E-state index is 6.19. The number of para-hydroxylation sites is 1. The molecule has 0 radical (unpaired) electrons. The topological polar surface area (TPSA) is 29.9 Å². The minimum absolute atomic E-state index is 0.523. The summed E-state index contributed by atoms with van der Waals surface area (Å²) < 4.78 is 1.88. The van der Waals surface area contributed by atoms with E-state index in [1.54, 1.807) is 6.20 Å². The van der Waals surface area contributed by atoms with Gasteiger partial charge in [-0.25, -0.2) is 0 Å². The number of aryl methyl sites for hydroxylation is 1. The van der Waals surface area contributed by atoms with Crippen molar-refractivity contribution in [1.29, 1.82) is 0 Å². The molecule has 0 fully saturated rings. The largest absolute Gasteiger partial charge is 0.385 e. The number of fused-ring (bicyclic) bond motifs is 1. The fraction of sp³-hybridized carbons (Fsp3) is 0.357. The van der Waals surface area contributed by atoms with Crippen molar-refractivity contribution >= 4 is 17.3 Å². The Morgan fingerprint density at radius 1 is 1.44 bits per heavy atom. The number of aromatic nitrogens is 2. The highest BCUT2D eigenvalue weighted by Gasteiger charge is 2.22. The van der Waals surface area contributed by atoms with E-state index >= 15 is 0 Å². The Bertz CT molecular complexity index is 542. The molecule has 1 unspecified atom stereocenters. The molecule has 1 N–H and O–H groups in total. The van der Waals surface area contributed by atoms with Crippen LogP contribution in [0.25, 0.3) is 0 Å². The highest BCUT2D eigenvalue weighted by Crippen LogP contribution is 2.34. The second-order valence-electron chi connectivity index (χ2n) is 4.77. The SMILES string of the molecule is Cn1ncc(Cl)c1CC1CCNc2ccccc21. The van der Waals surface area contributed by atoms with Crippen molar-refractivity contribution in [2.45, 2.75) is 18.8 Å². The van der Waals surface area contributed by atoms with Gasteiger partial charge in [-0.15, -0.1) is 0 Å². The first-order valence-corrected chi connectivity index (χ1v) is 6.62. The number of hydrogen-bond acceptors (Lipinski definition) is 2. The maximum atomic E-state index is 6.19. The van der Waals surface area contributed by atoms with Crippen LogP contribution < -0.4 is 5.32 Å². The van der Waals surface area contributed by atoms with Gasteiger partial charge < -0.3 is 5.32 Å². The van der Waals surface area contributed by atoms with Crippen LogP contribution >= 0.6 is 11.6 Å². The molecule has 0 amide bonds. The van der Waals surface area contributed by atoms with Gasteiger partial charge in [0.15, 0.2) is 0 Å². The third kappa shape index (κ3) is 1.99. The molecule has 1 aromatic carbocycles. The van der Waals surface area contributed by atoms with E-state index in [4.69, 9.17) is 11.6 Å². The summed E-state index contributed by atoms with van der Waals surface area (Å²) in [6, 6.07) is 8.53. The average molecular weight is 262 g/mol. The third-order valence-corrected chi connectivity index (χ3v) is 3.97. The normalized spacial score (nSPS) is 18.2. The Kier molecular flexibility index (Phi) is 3.00. The third-order valence-electron chi connectivity index (χ3n) is 3.66. The highest BCUT2D eigenvalue weighted by atomic mass is 35.5. The predicted molar refractivity (Wildman–Crippen MR) is 74.2 cm³/mol. The zero-order valence-electron chi connectivity index (χ0n) is 10.4. The Morgan fingerprint density at radius 3 is 3.06 bits per heavy atom. The van der Waals surface area contributed by atoms with Gasteiger partial charge in [-0.3, -0.25) is 4.68 Å². The molecule has 0 bridgehead atoms. The zero-order valence-corrected chi connectivity index (χ0v) is 11.1. The number of anilines is 1. The summed E-state index contributed by atoms with van der Waals surface area (Å²) in [5.41, 5.74) is 3.77. The molecular weight excluding hydrogens is 246 g/mol. The van der Waals surface area contributed by atoms with Crippen molar-refractivity contribution < 1.29 is 0 Å². The molecule has 2 heterocycles. The molecule has 1 aliphatic heterocycles. The van der Waals surface area contributed by atoms with Crippen LogP contribution in [0.2, 0.25) is 5.02 Å². The molecule has 0 saturated heterocycles.